The van der Waals surface area contributed by atoms with Gasteiger partial charge in [-0.05, 0) is 38.6 Å². The molecule has 2 N–H and O–H groups in total. The summed E-state index contributed by atoms with van der Waals surface area (Å²) in [5.74, 6) is 0.569. The zero-order valence-corrected chi connectivity index (χ0v) is 15.2. The van der Waals surface area contributed by atoms with E-state index in [0.29, 0.717) is 5.92 Å². The van der Waals surface area contributed by atoms with Crippen LogP contribution in [0.5, 0.6) is 0 Å². The third kappa shape index (κ3) is 6.10. The molecular formula is C14H25Cl2N3OS. The molecule has 1 amide bonds. The standard InChI is InChI=1S/C14H23N3OS.2ClH/c1-9(2)7-12-13(19-10(3)16-12)14(18)17-11-5-4-6-15-8-11;;/h9,11,15H,4-8H2,1-3H3,(H,17,18);2*1H/t11-;;/m0../s1. The summed E-state index contributed by atoms with van der Waals surface area (Å²) in [7, 11) is 0. The third-order valence-electron chi connectivity index (χ3n) is 3.24. The van der Waals surface area contributed by atoms with Crippen molar-refractivity contribution in [2.45, 2.75) is 46.1 Å². The Labute approximate surface area is 143 Å². The van der Waals surface area contributed by atoms with Gasteiger partial charge in [-0.15, -0.1) is 36.2 Å². The summed E-state index contributed by atoms with van der Waals surface area (Å²) >= 11 is 1.51. The molecule has 0 spiro atoms. The highest BCUT2D eigenvalue weighted by atomic mass is 35.5. The molecule has 1 aliphatic heterocycles. The number of carbonyl (C=O) groups excluding carboxylic acids is 1. The highest BCUT2D eigenvalue weighted by Crippen LogP contribution is 2.21. The Morgan fingerprint density at radius 3 is 2.76 bits per heavy atom. The van der Waals surface area contributed by atoms with E-state index >= 15 is 0 Å². The molecule has 21 heavy (non-hydrogen) atoms. The summed E-state index contributed by atoms with van der Waals surface area (Å²) < 4.78 is 0. The Kier molecular flexibility index (Phi) is 9.45. The number of thiazole rings is 1. The van der Waals surface area contributed by atoms with Gasteiger partial charge in [-0.25, -0.2) is 4.98 Å². The maximum Gasteiger partial charge on any atom is 0.263 e. The molecule has 0 aliphatic carbocycles. The molecule has 7 heteroatoms. The summed E-state index contributed by atoms with van der Waals surface area (Å²) in [4.78, 5) is 17.7. The average Bonchev–Trinajstić information content (AvgIpc) is 2.70. The van der Waals surface area contributed by atoms with Gasteiger partial charge in [0.15, 0.2) is 0 Å². The third-order valence-corrected chi connectivity index (χ3v) is 4.26. The van der Waals surface area contributed by atoms with Gasteiger partial charge in [0.1, 0.15) is 4.88 Å². The van der Waals surface area contributed by atoms with E-state index in [1.165, 1.54) is 11.3 Å². The second-order valence-corrected chi connectivity index (χ2v) is 6.83. The number of aryl methyl sites for hydroxylation is 1. The van der Waals surface area contributed by atoms with E-state index in [9.17, 15) is 4.79 Å². The minimum Gasteiger partial charge on any atom is -0.347 e. The van der Waals surface area contributed by atoms with Gasteiger partial charge < -0.3 is 10.6 Å². The first-order chi connectivity index (χ1) is 9.06. The lowest BCUT2D eigenvalue weighted by Gasteiger charge is -2.23. The summed E-state index contributed by atoms with van der Waals surface area (Å²) in [6.07, 6.45) is 3.07. The molecule has 2 rings (SSSR count). The van der Waals surface area contributed by atoms with Crippen LogP contribution in [0.15, 0.2) is 0 Å². The molecule has 0 bridgehead atoms. The van der Waals surface area contributed by atoms with Crippen LogP contribution in [0.1, 0.15) is 47.1 Å². The molecule has 0 saturated carbocycles. The summed E-state index contributed by atoms with van der Waals surface area (Å²) in [6, 6.07) is 0.260. The van der Waals surface area contributed by atoms with Crippen molar-refractivity contribution in [1.82, 2.24) is 15.6 Å². The first-order valence-corrected chi connectivity index (χ1v) is 7.85. The monoisotopic (exact) mass is 353 g/mol. The van der Waals surface area contributed by atoms with E-state index in [1.54, 1.807) is 0 Å². The second-order valence-electron chi connectivity index (χ2n) is 5.62. The molecule has 1 aromatic heterocycles. The predicted molar refractivity (Wildman–Crippen MR) is 93.2 cm³/mol. The number of rotatable bonds is 4. The van der Waals surface area contributed by atoms with E-state index < -0.39 is 0 Å². The lowest BCUT2D eigenvalue weighted by Crippen LogP contribution is -2.45. The first kappa shape index (κ1) is 20.6. The van der Waals surface area contributed by atoms with Crippen LogP contribution in [-0.2, 0) is 6.42 Å². The summed E-state index contributed by atoms with van der Waals surface area (Å²) in [5, 5.41) is 7.42. The molecule has 1 saturated heterocycles. The lowest BCUT2D eigenvalue weighted by molar-refractivity contribution is 0.0933. The van der Waals surface area contributed by atoms with Gasteiger partial charge in [0.05, 0.1) is 10.7 Å². The second kappa shape index (κ2) is 9.62. The minimum atomic E-state index is 0. The number of piperidine rings is 1. The number of hydrogen-bond acceptors (Lipinski definition) is 4. The van der Waals surface area contributed by atoms with Crippen molar-refractivity contribution in [3.05, 3.63) is 15.6 Å². The smallest absolute Gasteiger partial charge is 0.263 e. The molecule has 2 heterocycles. The van der Waals surface area contributed by atoms with Gasteiger partial charge in [0, 0.05) is 12.6 Å². The largest absolute Gasteiger partial charge is 0.347 e. The molecule has 1 fully saturated rings. The number of carbonyl (C=O) groups is 1. The molecule has 1 atom stereocenters. The first-order valence-electron chi connectivity index (χ1n) is 7.04. The zero-order valence-electron chi connectivity index (χ0n) is 12.8. The molecule has 0 aromatic carbocycles. The highest BCUT2D eigenvalue weighted by Gasteiger charge is 2.21. The topological polar surface area (TPSA) is 54.0 Å². The number of aromatic nitrogens is 1. The molecule has 0 radical (unpaired) electrons. The van der Waals surface area contributed by atoms with E-state index in [4.69, 9.17) is 0 Å². The Morgan fingerprint density at radius 1 is 1.48 bits per heavy atom. The van der Waals surface area contributed by atoms with Crippen molar-refractivity contribution in [3.8, 4) is 0 Å². The Balaban J connectivity index is 0.00000200. The predicted octanol–water partition coefficient (Wildman–Crippen LogP) is 2.98. The van der Waals surface area contributed by atoms with Gasteiger partial charge >= 0.3 is 0 Å². The maximum atomic E-state index is 12.4. The van der Waals surface area contributed by atoms with Gasteiger partial charge in [-0.3, -0.25) is 4.79 Å². The minimum absolute atomic E-state index is 0. The maximum absolute atomic E-state index is 12.4. The van der Waals surface area contributed by atoms with Crippen molar-refractivity contribution in [2.75, 3.05) is 13.1 Å². The van der Waals surface area contributed by atoms with Crippen molar-refractivity contribution in [1.29, 1.82) is 0 Å². The molecular weight excluding hydrogens is 329 g/mol. The van der Waals surface area contributed by atoms with E-state index in [0.717, 1.165) is 47.9 Å². The Morgan fingerprint density at radius 2 is 2.19 bits per heavy atom. The molecule has 122 valence electrons. The molecule has 1 aliphatic rings. The van der Waals surface area contributed by atoms with Crippen LogP contribution in [-0.4, -0.2) is 30.0 Å². The Bertz CT molecular complexity index is 445. The van der Waals surface area contributed by atoms with Crippen LogP contribution >= 0.6 is 36.2 Å². The van der Waals surface area contributed by atoms with Crippen LogP contribution in [0.2, 0.25) is 0 Å². The van der Waals surface area contributed by atoms with E-state index in [2.05, 4.69) is 29.5 Å². The number of nitrogens with one attached hydrogen (secondary N) is 2. The fourth-order valence-corrected chi connectivity index (χ4v) is 3.25. The number of amides is 1. The van der Waals surface area contributed by atoms with E-state index in [1.807, 2.05) is 6.92 Å². The van der Waals surface area contributed by atoms with Gasteiger partial charge in [-0.1, -0.05) is 13.8 Å². The quantitative estimate of drug-likeness (QED) is 0.874. The molecule has 1 aromatic rings. The van der Waals surface area contributed by atoms with E-state index in [-0.39, 0.29) is 36.8 Å². The summed E-state index contributed by atoms with van der Waals surface area (Å²) in [5.41, 5.74) is 0.957. The number of hydrogen-bond donors (Lipinski definition) is 2. The fourth-order valence-electron chi connectivity index (χ4n) is 2.40. The number of halogens is 2. The molecule has 4 nitrogen and oxygen atoms in total. The van der Waals surface area contributed by atoms with Crippen molar-refractivity contribution in [2.24, 2.45) is 5.92 Å². The van der Waals surface area contributed by atoms with Gasteiger partial charge in [0.2, 0.25) is 0 Å². The number of nitrogens with zero attached hydrogens (tertiary/aromatic N) is 1. The highest BCUT2D eigenvalue weighted by molar-refractivity contribution is 7.13. The average molecular weight is 354 g/mol. The van der Waals surface area contributed by atoms with Crippen LogP contribution in [0.3, 0.4) is 0 Å². The van der Waals surface area contributed by atoms with Crippen LogP contribution < -0.4 is 10.6 Å². The fraction of sp³-hybridized carbons (Fsp3) is 0.714. The van der Waals surface area contributed by atoms with Crippen molar-refractivity contribution < 1.29 is 4.79 Å². The van der Waals surface area contributed by atoms with Crippen LogP contribution in [0.4, 0.5) is 0 Å². The van der Waals surface area contributed by atoms with Gasteiger partial charge in [-0.2, -0.15) is 0 Å². The zero-order chi connectivity index (χ0) is 13.8. The van der Waals surface area contributed by atoms with Gasteiger partial charge in [0.25, 0.3) is 5.91 Å². The lowest BCUT2D eigenvalue weighted by atomic mass is 10.1. The van der Waals surface area contributed by atoms with Crippen LogP contribution in [0.25, 0.3) is 0 Å². The summed E-state index contributed by atoms with van der Waals surface area (Å²) in [6.45, 7) is 8.21. The molecule has 0 unspecified atom stereocenters. The SMILES string of the molecule is Cc1nc(CC(C)C)c(C(=O)N[C@H]2CCCNC2)s1.Cl.Cl. The normalized spacial score (nSPS) is 17.8. The van der Waals surface area contributed by atoms with Crippen LogP contribution in [0, 0.1) is 12.8 Å². The van der Waals surface area contributed by atoms with Crippen molar-refractivity contribution in [3.63, 3.8) is 0 Å². The van der Waals surface area contributed by atoms with Crippen molar-refractivity contribution >= 4 is 42.1 Å². The Hall–Kier alpha value is -0.360.